The molecule has 82 valence electrons. The molecule has 0 saturated heterocycles. The summed E-state index contributed by atoms with van der Waals surface area (Å²) >= 11 is 0. The molecule has 1 aliphatic heterocycles. The molecule has 4 heteroatoms. The summed E-state index contributed by atoms with van der Waals surface area (Å²) in [5.74, 6) is -1.03. The molecule has 1 nitrogen and oxygen atoms in total. The first-order chi connectivity index (χ1) is 6.75. The van der Waals surface area contributed by atoms with Gasteiger partial charge >= 0.3 is 0 Å². The van der Waals surface area contributed by atoms with Crippen molar-refractivity contribution in [2.45, 2.75) is 6.42 Å². The van der Waals surface area contributed by atoms with E-state index in [1.807, 2.05) is 6.08 Å². The Bertz CT molecular complexity index is 357. The van der Waals surface area contributed by atoms with Gasteiger partial charge in [0.05, 0.1) is 0 Å². The van der Waals surface area contributed by atoms with E-state index in [-0.39, 0.29) is 12.4 Å². The normalized spacial score (nSPS) is 15.5. The number of rotatable bonds is 1. The van der Waals surface area contributed by atoms with Gasteiger partial charge in [-0.1, -0.05) is 6.08 Å². The molecule has 0 bridgehead atoms. The van der Waals surface area contributed by atoms with Crippen LogP contribution in [-0.4, -0.2) is 13.1 Å². The maximum Gasteiger partial charge on any atom is 0.126 e. The fourth-order valence-electron chi connectivity index (χ4n) is 1.62. The zero-order valence-electron chi connectivity index (χ0n) is 8.09. The molecule has 0 radical (unpaired) electrons. The number of halogens is 3. The fourth-order valence-corrected chi connectivity index (χ4v) is 1.62. The average Bonchev–Trinajstić information content (AvgIpc) is 2.18. The molecule has 0 aromatic heterocycles. The van der Waals surface area contributed by atoms with Gasteiger partial charge in [-0.3, -0.25) is 0 Å². The summed E-state index contributed by atoms with van der Waals surface area (Å²) in [5.41, 5.74) is 1.67. The standard InChI is InChI=1S/C11H11F2N.ClH/c12-10-5-9(6-11(13)7-10)8-1-3-14-4-2-8;/h1,5-7,14H,2-4H2;1H. The van der Waals surface area contributed by atoms with E-state index >= 15 is 0 Å². The Balaban J connectivity index is 0.00000112. The molecule has 0 unspecified atom stereocenters. The molecule has 1 aromatic carbocycles. The molecule has 0 amide bonds. The van der Waals surface area contributed by atoms with Gasteiger partial charge in [0.1, 0.15) is 11.6 Å². The first-order valence-electron chi connectivity index (χ1n) is 4.62. The van der Waals surface area contributed by atoms with Crippen LogP contribution in [0.4, 0.5) is 8.78 Å². The summed E-state index contributed by atoms with van der Waals surface area (Å²) in [7, 11) is 0. The smallest absolute Gasteiger partial charge is 0.126 e. The molecule has 1 heterocycles. The lowest BCUT2D eigenvalue weighted by Crippen LogP contribution is -2.20. The van der Waals surface area contributed by atoms with Crippen molar-refractivity contribution in [1.29, 1.82) is 0 Å². The van der Waals surface area contributed by atoms with Gasteiger partial charge in [-0.05, 0) is 36.2 Å². The molecule has 0 atom stereocenters. The van der Waals surface area contributed by atoms with E-state index in [1.165, 1.54) is 12.1 Å². The summed E-state index contributed by atoms with van der Waals surface area (Å²) in [6.07, 6.45) is 2.79. The van der Waals surface area contributed by atoms with Crippen molar-refractivity contribution in [3.63, 3.8) is 0 Å². The fraction of sp³-hybridized carbons (Fsp3) is 0.273. The predicted octanol–water partition coefficient (Wildman–Crippen LogP) is 2.76. The first kappa shape index (κ1) is 12.1. The summed E-state index contributed by atoms with van der Waals surface area (Å²) in [6, 6.07) is 3.64. The van der Waals surface area contributed by atoms with Crippen molar-refractivity contribution in [3.8, 4) is 0 Å². The van der Waals surface area contributed by atoms with E-state index in [9.17, 15) is 8.78 Å². The Morgan fingerprint density at radius 1 is 1.07 bits per heavy atom. The van der Waals surface area contributed by atoms with Gasteiger partial charge < -0.3 is 5.32 Å². The van der Waals surface area contributed by atoms with Gasteiger partial charge in [0, 0.05) is 12.6 Å². The molecule has 0 aliphatic carbocycles. The quantitative estimate of drug-likeness (QED) is 0.784. The largest absolute Gasteiger partial charge is 0.313 e. The second-order valence-electron chi connectivity index (χ2n) is 3.34. The minimum Gasteiger partial charge on any atom is -0.313 e. The average molecular weight is 232 g/mol. The van der Waals surface area contributed by atoms with Crippen LogP contribution in [0, 0.1) is 11.6 Å². The highest BCUT2D eigenvalue weighted by Crippen LogP contribution is 2.21. The maximum absolute atomic E-state index is 12.9. The molecule has 0 saturated carbocycles. The van der Waals surface area contributed by atoms with Gasteiger partial charge in [0.25, 0.3) is 0 Å². The third-order valence-corrected chi connectivity index (χ3v) is 2.30. The van der Waals surface area contributed by atoms with Crippen LogP contribution in [0.25, 0.3) is 5.57 Å². The van der Waals surface area contributed by atoms with Gasteiger partial charge in [-0.2, -0.15) is 0 Å². The van der Waals surface area contributed by atoms with Crippen LogP contribution in [0.1, 0.15) is 12.0 Å². The maximum atomic E-state index is 12.9. The topological polar surface area (TPSA) is 12.0 Å². The summed E-state index contributed by atoms with van der Waals surface area (Å²) in [5, 5.41) is 3.15. The summed E-state index contributed by atoms with van der Waals surface area (Å²) in [6.45, 7) is 1.64. The van der Waals surface area contributed by atoms with Crippen LogP contribution < -0.4 is 5.32 Å². The van der Waals surface area contributed by atoms with E-state index in [0.29, 0.717) is 5.56 Å². The molecule has 2 rings (SSSR count). The highest BCUT2D eigenvalue weighted by Gasteiger charge is 2.08. The SMILES string of the molecule is Cl.Fc1cc(F)cc(C2=CCNCC2)c1. The van der Waals surface area contributed by atoms with Crippen molar-refractivity contribution in [2.75, 3.05) is 13.1 Å². The number of benzene rings is 1. The minimum atomic E-state index is -0.514. The molecule has 1 aliphatic rings. The van der Waals surface area contributed by atoms with E-state index in [1.54, 1.807) is 0 Å². The van der Waals surface area contributed by atoms with Gasteiger partial charge in [-0.15, -0.1) is 12.4 Å². The van der Waals surface area contributed by atoms with Gasteiger partial charge in [0.15, 0.2) is 0 Å². The van der Waals surface area contributed by atoms with Crippen LogP contribution in [0.3, 0.4) is 0 Å². The summed E-state index contributed by atoms with van der Waals surface area (Å²) in [4.78, 5) is 0. The van der Waals surface area contributed by atoms with Crippen molar-refractivity contribution >= 4 is 18.0 Å². The third kappa shape index (κ3) is 3.01. The van der Waals surface area contributed by atoms with Crippen molar-refractivity contribution in [3.05, 3.63) is 41.5 Å². The predicted molar refractivity (Wildman–Crippen MR) is 59.1 cm³/mol. The lowest BCUT2D eigenvalue weighted by atomic mass is 10.0. The zero-order chi connectivity index (χ0) is 9.97. The Labute approximate surface area is 93.6 Å². The minimum absolute atomic E-state index is 0. The molecule has 0 fully saturated rings. The molecule has 1 aromatic rings. The number of hydrogen-bond acceptors (Lipinski definition) is 1. The lowest BCUT2D eigenvalue weighted by Gasteiger charge is -2.14. The zero-order valence-corrected chi connectivity index (χ0v) is 8.91. The number of nitrogens with one attached hydrogen (secondary N) is 1. The van der Waals surface area contributed by atoms with Crippen LogP contribution in [0.15, 0.2) is 24.3 Å². The molecular formula is C11H12ClF2N. The molecule has 15 heavy (non-hydrogen) atoms. The van der Waals surface area contributed by atoms with Gasteiger partial charge in [-0.25, -0.2) is 8.78 Å². The van der Waals surface area contributed by atoms with Crippen LogP contribution in [0.2, 0.25) is 0 Å². The van der Waals surface area contributed by atoms with E-state index in [4.69, 9.17) is 0 Å². The second kappa shape index (κ2) is 5.24. The van der Waals surface area contributed by atoms with E-state index in [2.05, 4.69) is 5.32 Å². The Kier molecular flexibility index (Phi) is 4.24. The lowest BCUT2D eigenvalue weighted by molar-refractivity contribution is 0.582. The number of hydrogen-bond donors (Lipinski definition) is 1. The molecule has 0 spiro atoms. The molecular weight excluding hydrogens is 220 g/mol. The van der Waals surface area contributed by atoms with Crippen molar-refractivity contribution < 1.29 is 8.78 Å². The monoisotopic (exact) mass is 231 g/mol. The summed E-state index contributed by atoms with van der Waals surface area (Å²) < 4.78 is 25.8. The van der Waals surface area contributed by atoms with Crippen LogP contribution >= 0.6 is 12.4 Å². The van der Waals surface area contributed by atoms with E-state index < -0.39 is 11.6 Å². The first-order valence-corrected chi connectivity index (χ1v) is 4.62. The highest BCUT2D eigenvalue weighted by atomic mass is 35.5. The highest BCUT2D eigenvalue weighted by molar-refractivity contribution is 5.85. The Hall–Kier alpha value is -0.930. The van der Waals surface area contributed by atoms with E-state index in [0.717, 1.165) is 31.1 Å². The third-order valence-electron chi connectivity index (χ3n) is 2.30. The van der Waals surface area contributed by atoms with Crippen molar-refractivity contribution in [1.82, 2.24) is 5.32 Å². The Morgan fingerprint density at radius 3 is 2.27 bits per heavy atom. The van der Waals surface area contributed by atoms with Crippen LogP contribution in [0.5, 0.6) is 0 Å². The van der Waals surface area contributed by atoms with Crippen molar-refractivity contribution in [2.24, 2.45) is 0 Å². The van der Waals surface area contributed by atoms with Crippen LogP contribution in [-0.2, 0) is 0 Å². The van der Waals surface area contributed by atoms with Gasteiger partial charge in [0.2, 0.25) is 0 Å². The molecule has 1 N–H and O–H groups in total. The Morgan fingerprint density at radius 2 is 1.73 bits per heavy atom. The second-order valence-corrected chi connectivity index (χ2v) is 3.34.